The standard InChI is InChI=1S/C23H24ClF2NO2/c1-14(22(28)27-18-5-3-17(24)4-6-18)15-8-10-23(11-9-15)13-29-20-12-16(21(25)26)2-7-19(20)23/h2-7,12,14-15,21H,8-11,13H2,1H3,(H,27,28)/t14-,15?,23?/m1/s1. The summed E-state index contributed by atoms with van der Waals surface area (Å²) in [5, 5.41) is 3.60. The van der Waals surface area contributed by atoms with Gasteiger partial charge in [0.15, 0.2) is 0 Å². The Hall–Kier alpha value is -2.14. The predicted octanol–water partition coefficient (Wildman–Crippen LogP) is 6.37. The van der Waals surface area contributed by atoms with Crippen LogP contribution in [0.4, 0.5) is 14.5 Å². The lowest BCUT2D eigenvalue weighted by Gasteiger charge is -2.38. The molecule has 6 heteroatoms. The molecule has 1 atom stereocenters. The Bertz CT molecular complexity index is 892. The van der Waals surface area contributed by atoms with Gasteiger partial charge >= 0.3 is 0 Å². The van der Waals surface area contributed by atoms with Gasteiger partial charge < -0.3 is 10.1 Å². The third kappa shape index (κ3) is 3.97. The normalized spacial score (nSPS) is 24.2. The lowest BCUT2D eigenvalue weighted by Crippen LogP contribution is -2.37. The molecule has 1 aliphatic carbocycles. The highest BCUT2D eigenvalue weighted by molar-refractivity contribution is 6.30. The van der Waals surface area contributed by atoms with Crippen molar-refractivity contribution < 1.29 is 18.3 Å². The summed E-state index contributed by atoms with van der Waals surface area (Å²) < 4.78 is 31.7. The maximum Gasteiger partial charge on any atom is 0.263 e. The highest BCUT2D eigenvalue weighted by atomic mass is 35.5. The maximum atomic E-state index is 13.0. The van der Waals surface area contributed by atoms with Crippen molar-refractivity contribution in [2.24, 2.45) is 11.8 Å². The van der Waals surface area contributed by atoms with Gasteiger partial charge in [0, 0.05) is 33.2 Å². The van der Waals surface area contributed by atoms with Crippen molar-refractivity contribution >= 4 is 23.2 Å². The van der Waals surface area contributed by atoms with Crippen molar-refractivity contribution in [2.75, 3.05) is 11.9 Å². The first kappa shape index (κ1) is 20.1. The van der Waals surface area contributed by atoms with Crippen LogP contribution in [0.3, 0.4) is 0 Å². The van der Waals surface area contributed by atoms with E-state index in [1.165, 1.54) is 12.1 Å². The number of amides is 1. The van der Waals surface area contributed by atoms with E-state index in [1.54, 1.807) is 30.3 Å². The smallest absolute Gasteiger partial charge is 0.263 e. The quantitative estimate of drug-likeness (QED) is 0.625. The molecule has 3 nitrogen and oxygen atoms in total. The number of fused-ring (bicyclic) bond motifs is 2. The van der Waals surface area contributed by atoms with Gasteiger partial charge in [-0.1, -0.05) is 30.7 Å². The Balaban J connectivity index is 1.40. The first-order chi connectivity index (χ1) is 13.9. The molecule has 1 heterocycles. The highest BCUT2D eigenvalue weighted by Crippen LogP contribution is 2.50. The zero-order valence-electron chi connectivity index (χ0n) is 16.3. The largest absolute Gasteiger partial charge is 0.492 e. The molecule has 1 N–H and O–H groups in total. The van der Waals surface area contributed by atoms with E-state index in [-0.39, 0.29) is 28.7 Å². The molecule has 0 unspecified atom stereocenters. The fourth-order valence-electron chi connectivity index (χ4n) is 4.64. The molecule has 2 aromatic rings. The van der Waals surface area contributed by atoms with Crippen molar-refractivity contribution in [3.8, 4) is 5.75 Å². The van der Waals surface area contributed by atoms with Gasteiger partial charge in [-0.25, -0.2) is 8.78 Å². The van der Waals surface area contributed by atoms with Crippen molar-refractivity contribution in [3.05, 3.63) is 58.6 Å². The van der Waals surface area contributed by atoms with Crippen molar-refractivity contribution in [3.63, 3.8) is 0 Å². The summed E-state index contributed by atoms with van der Waals surface area (Å²) in [5.74, 6) is 0.788. The zero-order chi connectivity index (χ0) is 20.6. The lowest BCUT2D eigenvalue weighted by molar-refractivity contribution is -0.121. The average Bonchev–Trinajstić information content (AvgIpc) is 3.07. The predicted molar refractivity (Wildman–Crippen MR) is 110 cm³/mol. The number of rotatable bonds is 4. The van der Waals surface area contributed by atoms with Gasteiger partial charge in [0.05, 0.1) is 6.61 Å². The number of carbonyl (C=O) groups is 1. The Labute approximate surface area is 174 Å². The molecule has 4 rings (SSSR count). The van der Waals surface area contributed by atoms with E-state index in [2.05, 4.69) is 5.32 Å². The van der Waals surface area contributed by atoms with Crippen LogP contribution in [0.5, 0.6) is 5.75 Å². The third-order valence-corrected chi connectivity index (χ3v) is 6.80. The van der Waals surface area contributed by atoms with E-state index >= 15 is 0 Å². The molecular formula is C23H24ClF2NO2. The van der Waals surface area contributed by atoms with E-state index < -0.39 is 6.43 Å². The minimum Gasteiger partial charge on any atom is -0.492 e. The number of ether oxygens (including phenoxy) is 1. The summed E-state index contributed by atoms with van der Waals surface area (Å²) in [7, 11) is 0. The van der Waals surface area contributed by atoms with Crippen LogP contribution in [0, 0.1) is 11.8 Å². The topological polar surface area (TPSA) is 38.3 Å². The summed E-state index contributed by atoms with van der Waals surface area (Å²) in [4.78, 5) is 12.7. The molecular weight excluding hydrogens is 396 g/mol. The Morgan fingerprint density at radius 3 is 2.52 bits per heavy atom. The molecule has 2 aliphatic rings. The molecule has 1 fully saturated rings. The monoisotopic (exact) mass is 419 g/mol. The summed E-state index contributed by atoms with van der Waals surface area (Å²) in [6.07, 6.45) is 1.13. The van der Waals surface area contributed by atoms with Crippen LogP contribution < -0.4 is 10.1 Å². The first-order valence-corrected chi connectivity index (χ1v) is 10.4. The average molecular weight is 420 g/mol. The minimum atomic E-state index is -2.49. The summed E-state index contributed by atoms with van der Waals surface area (Å²) >= 11 is 5.89. The summed E-state index contributed by atoms with van der Waals surface area (Å²) in [6, 6.07) is 11.9. The van der Waals surface area contributed by atoms with Crippen LogP contribution in [-0.4, -0.2) is 12.5 Å². The second-order valence-electron chi connectivity index (χ2n) is 8.25. The minimum absolute atomic E-state index is 0.00183. The fourth-order valence-corrected chi connectivity index (χ4v) is 4.76. The number of hydrogen-bond donors (Lipinski definition) is 1. The number of nitrogens with one attached hydrogen (secondary N) is 1. The van der Waals surface area contributed by atoms with E-state index in [9.17, 15) is 13.6 Å². The van der Waals surface area contributed by atoms with E-state index in [0.29, 0.717) is 17.4 Å². The lowest BCUT2D eigenvalue weighted by atomic mass is 9.65. The number of carbonyl (C=O) groups excluding carboxylic acids is 1. The number of halogens is 3. The van der Waals surface area contributed by atoms with E-state index in [4.69, 9.17) is 16.3 Å². The second-order valence-corrected chi connectivity index (χ2v) is 8.68. The van der Waals surface area contributed by atoms with Crippen LogP contribution >= 0.6 is 11.6 Å². The van der Waals surface area contributed by atoms with Gasteiger partial charge in [-0.15, -0.1) is 0 Å². The van der Waals surface area contributed by atoms with Gasteiger partial charge in [0.1, 0.15) is 5.75 Å². The molecule has 1 saturated carbocycles. The SMILES string of the molecule is C[C@@H](C(=O)Nc1ccc(Cl)cc1)C1CCC2(CC1)COc1cc(C(F)F)ccc12. The van der Waals surface area contributed by atoms with Crippen molar-refractivity contribution in [1.82, 2.24) is 0 Å². The van der Waals surface area contributed by atoms with Crippen LogP contribution in [0.25, 0.3) is 0 Å². The molecule has 154 valence electrons. The second kappa shape index (κ2) is 7.94. The van der Waals surface area contributed by atoms with Gasteiger partial charge in [0.25, 0.3) is 6.43 Å². The molecule has 1 aliphatic heterocycles. The number of hydrogen-bond acceptors (Lipinski definition) is 2. The number of alkyl halides is 2. The van der Waals surface area contributed by atoms with Crippen LogP contribution in [0.1, 0.15) is 50.2 Å². The highest BCUT2D eigenvalue weighted by Gasteiger charge is 2.45. The van der Waals surface area contributed by atoms with Crippen LogP contribution in [0.2, 0.25) is 5.02 Å². The maximum absolute atomic E-state index is 13.0. The third-order valence-electron chi connectivity index (χ3n) is 6.55. The Kier molecular flexibility index (Phi) is 5.52. The molecule has 0 saturated heterocycles. The molecule has 0 aromatic heterocycles. The van der Waals surface area contributed by atoms with Gasteiger partial charge in [-0.2, -0.15) is 0 Å². The molecule has 29 heavy (non-hydrogen) atoms. The zero-order valence-corrected chi connectivity index (χ0v) is 17.0. The van der Waals surface area contributed by atoms with Gasteiger partial charge in [-0.05, 0) is 61.9 Å². The van der Waals surface area contributed by atoms with Gasteiger partial charge in [0.2, 0.25) is 5.91 Å². The molecule has 1 amide bonds. The molecule has 0 radical (unpaired) electrons. The number of benzene rings is 2. The summed E-state index contributed by atoms with van der Waals surface area (Å²) in [5.41, 5.74) is 1.67. The first-order valence-electron chi connectivity index (χ1n) is 10.00. The fraction of sp³-hybridized carbons (Fsp3) is 0.435. The Morgan fingerprint density at radius 1 is 1.17 bits per heavy atom. The summed E-state index contributed by atoms with van der Waals surface area (Å²) in [6.45, 7) is 2.51. The van der Waals surface area contributed by atoms with Gasteiger partial charge in [-0.3, -0.25) is 4.79 Å². The van der Waals surface area contributed by atoms with E-state index in [0.717, 1.165) is 36.9 Å². The molecule has 1 spiro atoms. The van der Waals surface area contributed by atoms with Crippen molar-refractivity contribution in [2.45, 2.75) is 44.4 Å². The van der Waals surface area contributed by atoms with E-state index in [1.807, 2.05) is 6.92 Å². The number of anilines is 1. The van der Waals surface area contributed by atoms with Crippen molar-refractivity contribution in [1.29, 1.82) is 0 Å². The molecule has 2 aromatic carbocycles. The van der Waals surface area contributed by atoms with Crippen LogP contribution in [-0.2, 0) is 10.2 Å². The Morgan fingerprint density at radius 2 is 1.86 bits per heavy atom. The van der Waals surface area contributed by atoms with Crippen LogP contribution in [0.15, 0.2) is 42.5 Å². The molecule has 0 bridgehead atoms.